The van der Waals surface area contributed by atoms with Gasteiger partial charge in [0.1, 0.15) is 5.82 Å². The van der Waals surface area contributed by atoms with Gasteiger partial charge in [-0.05, 0) is 42.5 Å². The van der Waals surface area contributed by atoms with Gasteiger partial charge in [0.2, 0.25) is 0 Å². The maximum absolute atomic E-state index is 13.1. The molecule has 2 atom stereocenters. The number of rotatable bonds is 4. The fourth-order valence-corrected chi connectivity index (χ4v) is 3.09. The summed E-state index contributed by atoms with van der Waals surface area (Å²) in [5.74, 6) is 1.11. The molecule has 2 rings (SSSR count). The Morgan fingerprint density at radius 2 is 1.85 bits per heavy atom. The van der Waals surface area contributed by atoms with Gasteiger partial charge in [-0.25, -0.2) is 4.39 Å². The molecule has 3 heteroatoms. The highest BCUT2D eigenvalue weighted by Crippen LogP contribution is 2.25. The molecule has 1 aromatic rings. The molecule has 1 fully saturated rings. The van der Waals surface area contributed by atoms with E-state index in [1.807, 2.05) is 12.1 Å². The molecular formula is C17H27FN2. The van der Waals surface area contributed by atoms with Crippen LogP contribution < -0.4 is 10.2 Å². The van der Waals surface area contributed by atoms with Crippen molar-refractivity contribution < 1.29 is 4.39 Å². The second kappa shape index (κ2) is 6.57. The lowest BCUT2D eigenvalue weighted by Crippen LogP contribution is -2.58. The fraction of sp³-hybridized carbons (Fsp3) is 0.647. The van der Waals surface area contributed by atoms with E-state index in [1.54, 1.807) is 12.1 Å². The van der Waals surface area contributed by atoms with Gasteiger partial charge in [0.05, 0.1) is 0 Å². The Hall–Kier alpha value is -1.09. The lowest BCUT2D eigenvalue weighted by molar-refractivity contribution is 0.310. The molecule has 1 saturated heterocycles. The molecule has 112 valence electrons. The average Bonchev–Trinajstić information content (AvgIpc) is 2.38. The lowest BCUT2D eigenvalue weighted by atomic mass is 9.94. The topological polar surface area (TPSA) is 15.3 Å². The monoisotopic (exact) mass is 278 g/mol. The van der Waals surface area contributed by atoms with E-state index in [2.05, 4.69) is 37.9 Å². The zero-order valence-electron chi connectivity index (χ0n) is 13.1. The second-order valence-electron chi connectivity index (χ2n) is 6.67. The number of anilines is 1. The summed E-state index contributed by atoms with van der Waals surface area (Å²) in [5.41, 5.74) is 1.14. The van der Waals surface area contributed by atoms with Crippen LogP contribution in [-0.2, 0) is 0 Å². The third-order valence-corrected chi connectivity index (χ3v) is 4.12. The number of piperazine rings is 1. The van der Waals surface area contributed by atoms with Crippen LogP contribution in [0.25, 0.3) is 0 Å². The number of nitrogens with one attached hydrogen (secondary N) is 1. The van der Waals surface area contributed by atoms with Crippen molar-refractivity contribution in [3.63, 3.8) is 0 Å². The van der Waals surface area contributed by atoms with Gasteiger partial charge in [-0.1, -0.05) is 27.7 Å². The first-order valence-electron chi connectivity index (χ1n) is 7.73. The number of hydrogen-bond donors (Lipinski definition) is 1. The summed E-state index contributed by atoms with van der Waals surface area (Å²) in [6, 6.07) is 7.93. The molecule has 0 radical (unpaired) electrons. The summed E-state index contributed by atoms with van der Waals surface area (Å²) in [7, 11) is 0. The molecule has 0 aliphatic carbocycles. The van der Waals surface area contributed by atoms with Crippen molar-refractivity contribution in [2.45, 2.75) is 46.2 Å². The van der Waals surface area contributed by atoms with Crippen LogP contribution in [0.5, 0.6) is 0 Å². The van der Waals surface area contributed by atoms with Crippen LogP contribution in [-0.4, -0.2) is 25.2 Å². The maximum atomic E-state index is 13.1. The van der Waals surface area contributed by atoms with Crippen molar-refractivity contribution in [3.05, 3.63) is 30.1 Å². The van der Waals surface area contributed by atoms with Gasteiger partial charge in [0.25, 0.3) is 0 Å². The van der Waals surface area contributed by atoms with Gasteiger partial charge >= 0.3 is 0 Å². The number of benzene rings is 1. The molecule has 0 amide bonds. The van der Waals surface area contributed by atoms with E-state index in [0.29, 0.717) is 23.9 Å². The van der Waals surface area contributed by atoms with Gasteiger partial charge in [0.15, 0.2) is 0 Å². The predicted molar refractivity (Wildman–Crippen MR) is 83.6 cm³/mol. The van der Waals surface area contributed by atoms with Gasteiger partial charge in [-0.15, -0.1) is 0 Å². The Balaban J connectivity index is 2.16. The number of halogens is 1. The number of nitrogens with zero attached hydrogens (tertiary/aromatic N) is 1. The standard InChI is InChI=1S/C17H27FN2/c1-12(2)9-15-11-20(17(10-19-15)13(3)4)16-7-5-14(18)6-8-16/h5-8,12-13,15,17,19H,9-11H2,1-4H3. The molecular weight excluding hydrogens is 251 g/mol. The molecule has 2 unspecified atom stereocenters. The maximum Gasteiger partial charge on any atom is 0.123 e. The van der Waals surface area contributed by atoms with Crippen LogP contribution in [0, 0.1) is 17.7 Å². The van der Waals surface area contributed by atoms with Crippen LogP contribution in [0.4, 0.5) is 10.1 Å². The summed E-state index contributed by atoms with van der Waals surface area (Å²) in [4.78, 5) is 2.45. The minimum Gasteiger partial charge on any atom is -0.365 e. The Bertz CT molecular complexity index is 414. The van der Waals surface area contributed by atoms with Crippen molar-refractivity contribution in [1.29, 1.82) is 0 Å². The molecule has 1 N–H and O–H groups in total. The second-order valence-corrected chi connectivity index (χ2v) is 6.67. The van der Waals surface area contributed by atoms with Gasteiger partial charge in [0, 0.05) is 30.9 Å². The minimum absolute atomic E-state index is 0.163. The van der Waals surface area contributed by atoms with Crippen LogP contribution in [0.1, 0.15) is 34.1 Å². The quantitative estimate of drug-likeness (QED) is 0.904. The van der Waals surface area contributed by atoms with Crippen molar-refractivity contribution in [1.82, 2.24) is 5.32 Å². The first-order valence-corrected chi connectivity index (χ1v) is 7.73. The molecule has 2 nitrogen and oxygen atoms in total. The molecule has 1 heterocycles. The minimum atomic E-state index is -0.163. The highest BCUT2D eigenvalue weighted by Gasteiger charge is 2.30. The van der Waals surface area contributed by atoms with E-state index in [9.17, 15) is 4.39 Å². The highest BCUT2D eigenvalue weighted by atomic mass is 19.1. The van der Waals surface area contributed by atoms with E-state index < -0.39 is 0 Å². The van der Waals surface area contributed by atoms with Gasteiger partial charge in [-0.3, -0.25) is 0 Å². The average molecular weight is 278 g/mol. The molecule has 0 aromatic heterocycles. The Kier molecular flexibility index (Phi) is 5.03. The van der Waals surface area contributed by atoms with Crippen LogP contribution in [0.2, 0.25) is 0 Å². The van der Waals surface area contributed by atoms with Crippen LogP contribution in [0.3, 0.4) is 0 Å². The SMILES string of the molecule is CC(C)CC1CN(c2ccc(F)cc2)C(C(C)C)CN1. The van der Waals surface area contributed by atoms with Crippen LogP contribution >= 0.6 is 0 Å². The van der Waals surface area contributed by atoms with Crippen molar-refractivity contribution >= 4 is 5.69 Å². The summed E-state index contributed by atoms with van der Waals surface area (Å²) >= 11 is 0. The Morgan fingerprint density at radius 3 is 2.40 bits per heavy atom. The first kappa shape index (κ1) is 15.3. The van der Waals surface area contributed by atoms with Crippen molar-refractivity contribution in [2.75, 3.05) is 18.0 Å². The fourth-order valence-electron chi connectivity index (χ4n) is 3.09. The van der Waals surface area contributed by atoms with Gasteiger partial charge < -0.3 is 10.2 Å². The molecule has 20 heavy (non-hydrogen) atoms. The largest absolute Gasteiger partial charge is 0.365 e. The smallest absolute Gasteiger partial charge is 0.123 e. The molecule has 0 spiro atoms. The Labute approximate surface area is 122 Å². The summed E-state index contributed by atoms with van der Waals surface area (Å²) < 4.78 is 13.1. The molecule has 1 aliphatic heterocycles. The molecule has 0 bridgehead atoms. The summed E-state index contributed by atoms with van der Waals surface area (Å²) in [6.45, 7) is 11.0. The molecule has 0 saturated carbocycles. The van der Waals surface area contributed by atoms with Crippen molar-refractivity contribution in [3.8, 4) is 0 Å². The number of hydrogen-bond acceptors (Lipinski definition) is 2. The van der Waals surface area contributed by atoms with E-state index in [0.717, 1.165) is 18.8 Å². The van der Waals surface area contributed by atoms with E-state index in [-0.39, 0.29) is 5.82 Å². The van der Waals surface area contributed by atoms with Crippen molar-refractivity contribution in [2.24, 2.45) is 11.8 Å². The zero-order chi connectivity index (χ0) is 14.7. The summed E-state index contributed by atoms with van der Waals surface area (Å²) in [5, 5.41) is 3.68. The lowest BCUT2D eigenvalue weighted by Gasteiger charge is -2.44. The molecule has 1 aromatic carbocycles. The van der Waals surface area contributed by atoms with E-state index >= 15 is 0 Å². The summed E-state index contributed by atoms with van der Waals surface area (Å²) in [6.07, 6.45) is 1.18. The Morgan fingerprint density at radius 1 is 1.20 bits per heavy atom. The highest BCUT2D eigenvalue weighted by molar-refractivity contribution is 5.48. The zero-order valence-corrected chi connectivity index (χ0v) is 13.1. The van der Waals surface area contributed by atoms with Gasteiger partial charge in [-0.2, -0.15) is 0 Å². The van der Waals surface area contributed by atoms with Crippen LogP contribution in [0.15, 0.2) is 24.3 Å². The third-order valence-electron chi connectivity index (χ3n) is 4.12. The van der Waals surface area contributed by atoms with E-state index in [4.69, 9.17) is 0 Å². The normalized spacial score (nSPS) is 23.6. The third kappa shape index (κ3) is 3.72. The molecule has 1 aliphatic rings. The predicted octanol–water partition coefficient (Wildman–Crippen LogP) is 3.67. The first-order chi connectivity index (χ1) is 9.47. The van der Waals surface area contributed by atoms with E-state index in [1.165, 1.54) is 6.42 Å².